The van der Waals surface area contributed by atoms with E-state index in [4.69, 9.17) is 0 Å². The second-order valence-electron chi connectivity index (χ2n) is 5.17. The van der Waals surface area contributed by atoms with Crippen LogP contribution in [-0.4, -0.2) is 67.5 Å². The van der Waals surface area contributed by atoms with Gasteiger partial charge < -0.3 is 14.5 Å². The van der Waals surface area contributed by atoms with Crippen LogP contribution in [0.3, 0.4) is 0 Å². The Morgan fingerprint density at radius 2 is 1.95 bits per heavy atom. The quantitative estimate of drug-likeness (QED) is 0.652. The number of pyridine rings is 1. The van der Waals surface area contributed by atoms with Crippen LogP contribution in [0.1, 0.15) is 23.2 Å². The number of aromatic nitrogens is 1. The van der Waals surface area contributed by atoms with Gasteiger partial charge in [-0.3, -0.25) is 14.6 Å². The maximum Gasteiger partial charge on any atom is 0.307 e. The van der Waals surface area contributed by atoms with E-state index in [1.165, 1.54) is 13.3 Å². The van der Waals surface area contributed by atoms with Crippen molar-refractivity contribution in [3.05, 3.63) is 28.5 Å². The minimum Gasteiger partial charge on any atom is -0.469 e. The molecule has 0 radical (unpaired) electrons. The number of carbonyl (C=O) groups excluding carboxylic acids is 2. The SMILES string of the molecule is COC(=O)CCN(CCCN(C)C)C(=O)c1cncc(Br)c1. The van der Waals surface area contributed by atoms with E-state index < -0.39 is 0 Å². The molecule has 0 atom stereocenters. The zero-order valence-corrected chi connectivity index (χ0v) is 14.8. The van der Waals surface area contributed by atoms with Gasteiger partial charge in [-0.1, -0.05) is 0 Å². The maximum atomic E-state index is 12.6. The Hall–Kier alpha value is -1.47. The van der Waals surface area contributed by atoms with Crippen molar-refractivity contribution in [2.45, 2.75) is 12.8 Å². The maximum absolute atomic E-state index is 12.6. The van der Waals surface area contributed by atoms with Gasteiger partial charge in [0.25, 0.3) is 5.91 Å². The Morgan fingerprint density at radius 3 is 2.55 bits per heavy atom. The second kappa shape index (κ2) is 9.53. The number of amides is 1. The van der Waals surface area contributed by atoms with Gasteiger partial charge in [0.2, 0.25) is 0 Å². The zero-order valence-electron chi connectivity index (χ0n) is 13.2. The fraction of sp³-hybridized carbons (Fsp3) is 0.533. The van der Waals surface area contributed by atoms with E-state index in [1.54, 1.807) is 17.2 Å². The van der Waals surface area contributed by atoms with E-state index in [1.807, 2.05) is 14.1 Å². The van der Waals surface area contributed by atoms with Crippen molar-refractivity contribution >= 4 is 27.8 Å². The highest BCUT2D eigenvalue weighted by Crippen LogP contribution is 2.12. The molecular weight excluding hydrogens is 350 g/mol. The highest BCUT2D eigenvalue weighted by molar-refractivity contribution is 9.10. The first-order chi connectivity index (χ1) is 10.4. The molecule has 0 aromatic carbocycles. The van der Waals surface area contributed by atoms with Gasteiger partial charge in [0, 0.05) is 30.0 Å². The van der Waals surface area contributed by atoms with Crippen LogP contribution in [0.4, 0.5) is 0 Å². The average Bonchev–Trinajstić information content (AvgIpc) is 2.49. The van der Waals surface area contributed by atoms with E-state index in [9.17, 15) is 9.59 Å². The van der Waals surface area contributed by atoms with Crippen molar-refractivity contribution in [2.24, 2.45) is 0 Å². The van der Waals surface area contributed by atoms with Crippen LogP contribution in [0.25, 0.3) is 0 Å². The Morgan fingerprint density at radius 1 is 1.23 bits per heavy atom. The Labute approximate surface area is 139 Å². The summed E-state index contributed by atoms with van der Waals surface area (Å²) >= 11 is 3.31. The van der Waals surface area contributed by atoms with Gasteiger partial charge in [0.05, 0.1) is 19.1 Å². The molecule has 7 heteroatoms. The molecule has 22 heavy (non-hydrogen) atoms. The van der Waals surface area contributed by atoms with Gasteiger partial charge in [-0.15, -0.1) is 0 Å². The summed E-state index contributed by atoms with van der Waals surface area (Å²) in [6.45, 7) is 1.80. The summed E-state index contributed by atoms with van der Waals surface area (Å²) in [5.74, 6) is -0.450. The van der Waals surface area contributed by atoms with Gasteiger partial charge in [0.15, 0.2) is 0 Å². The predicted molar refractivity (Wildman–Crippen MR) is 87.6 cm³/mol. The van der Waals surface area contributed by atoms with Gasteiger partial charge in [-0.2, -0.15) is 0 Å². The Balaban J connectivity index is 2.73. The molecule has 0 aliphatic heterocycles. The van der Waals surface area contributed by atoms with Crippen molar-refractivity contribution in [3.63, 3.8) is 0 Å². The van der Waals surface area contributed by atoms with E-state index >= 15 is 0 Å². The monoisotopic (exact) mass is 371 g/mol. The number of carbonyl (C=O) groups is 2. The molecule has 6 nitrogen and oxygen atoms in total. The van der Waals surface area contributed by atoms with Crippen molar-refractivity contribution in [3.8, 4) is 0 Å². The Kier molecular flexibility index (Phi) is 8.05. The summed E-state index contributed by atoms with van der Waals surface area (Å²) in [5.41, 5.74) is 0.504. The third kappa shape index (κ3) is 6.53. The van der Waals surface area contributed by atoms with E-state index in [0.717, 1.165) is 17.4 Å². The number of rotatable bonds is 8. The topological polar surface area (TPSA) is 62.7 Å². The highest BCUT2D eigenvalue weighted by atomic mass is 79.9. The molecule has 1 amide bonds. The molecule has 1 rings (SSSR count). The van der Waals surface area contributed by atoms with Crippen LogP contribution >= 0.6 is 15.9 Å². The second-order valence-corrected chi connectivity index (χ2v) is 6.08. The van der Waals surface area contributed by atoms with Gasteiger partial charge in [-0.05, 0) is 49.1 Å². The van der Waals surface area contributed by atoms with Gasteiger partial charge >= 0.3 is 5.97 Å². The van der Waals surface area contributed by atoms with Crippen molar-refractivity contribution in [1.29, 1.82) is 0 Å². The minimum absolute atomic E-state index is 0.128. The van der Waals surface area contributed by atoms with Crippen LogP contribution in [0.15, 0.2) is 22.9 Å². The summed E-state index contributed by atoms with van der Waals surface area (Å²) in [4.78, 5) is 31.6. The first-order valence-electron chi connectivity index (χ1n) is 7.05. The predicted octanol–water partition coefficient (Wildman–Crippen LogP) is 1.80. The van der Waals surface area contributed by atoms with Gasteiger partial charge in [0.1, 0.15) is 0 Å². The molecule has 1 aromatic heterocycles. The molecule has 0 saturated carbocycles. The molecule has 0 saturated heterocycles. The smallest absolute Gasteiger partial charge is 0.307 e. The van der Waals surface area contributed by atoms with Crippen LogP contribution in [0, 0.1) is 0 Å². The molecular formula is C15H22BrN3O3. The summed E-state index contributed by atoms with van der Waals surface area (Å²) < 4.78 is 5.39. The van der Waals surface area contributed by atoms with Crippen LogP contribution < -0.4 is 0 Å². The summed E-state index contributed by atoms with van der Waals surface area (Å²) in [5, 5.41) is 0. The fourth-order valence-corrected chi connectivity index (χ4v) is 2.30. The van der Waals surface area contributed by atoms with E-state index in [2.05, 4.69) is 30.6 Å². The lowest BCUT2D eigenvalue weighted by Crippen LogP contribution is -2.35. The highest BCUT2D eigenvalue weighted by Gasteiger charge is 2.17. The number of esters is 1. The lowest BCUT2D eigenvalue weighted by atomic mass is 10.2. The largest absolute Gasteiger partial charge is 0.469 e. The first-order valence-corrected chi connectivity index (χ1v) is 7.84. The molecule has 1 heterocycles. The van der Waals surface area contributed by atoms with E-state index in [0.29, 0.717) is 18.7 Å². The molecule has 0 N–H and O–H groups in total. The Bertz CT molecular complexity index is 509. The van der Waals surface area contributed by atoms with E-state index in [-0.39, 0.29) is 18.3 Å². The number of hydrogen-bond donors (Lipinski definition) is 0. The third-order valence-corrected chi connectivity index (χ3v) is 3.52. The molecule has 122 valence electrons. The lowest BCUT2D eigenvalue weighted by molar-refractivity contribution is -0.140. The van der Waals surface area contributed by atoms with Crippen molar-refractivity contribution in [2.75, 3.05) is 40.8 Å². The van der Waals surface area contributed by atoms with Crippen LogP contribution in [0.5, 0.6) is 0 Å². The van der Waals surface area contributed by atoms with Crippen molar-refractivity contribution < 1.29 is 14.3 Å². The molecule has 0 aliphatic carbocycles. The molecule has 0 spiro atoms. The molecule has 0 unspecified atom stereocenters. The number of nitrogens with zero attached hydrogens (tertiary/aromatic N) is 3. The molecule has 0 fully saturated rings. The lowest BCUT2D eigenvalue weighted by Gasteiger charge is -2.23. The first kappa shape index (κ1) is 18.6. The minimum atomic E-state index is -0.322. The number of halogens is 1. The molecule has 0 bridgehead atoms. The number of hydrogen-bond acceptors (Lipinski definition) is 5. The molecule has 0 aliphatic rings. The summed E-state index contributed by atoms with van der Waals surface area (Å²) in [7, 11) is 5.32. The summed E-state index contributed by atoms with van der Waals surface area (Å²) in [6.07, 6.45) is 4.18. The number of ether oxygens (including phenoxy) is 1. The normalized spacial score (nSPS) is 10.6. The average molecular weight is 372 g/mol. The standard InChI is InChI=1S/C15H22BrN3O3/c1-18(2)6-4-7-19(8-5-14(20)22-3)15(21)12-9-13(16)11-17-10-12/h9-11H,4-8H2,1-3H3. The number of methoxy groups -OCH3 is 1. The zero-order chi connectivity index (χ0) is 16.5. The fourth-order valence-electron chi connectivity index (χ4n) is 1.93. The van der Waals surface area contributed by atoms with Gasteiger partial charge in [-0.25, -0.2) is 0 Å². The third-order valence-electron chi connectivity index (χ3n) is 3.09. The molecule has 1 aromatic rings. The summed E-state index contributed by atoms with van der Waals surface area (Å²) in [6, 6.07) is 1.73. The van der Waals surface area contributed by atoms with Crippen LogP contribution in [-0.2, 0) is 9.53 Å². The van der Waals surface area contributed by atoms with Crippen LogP contribution in [0.2, 0.25) is 0 Å². The van der Waals surface area contributed by atoms with Crippen molar-refractivity contribution in [1.82, 2.24) is 14.8 Å².